The molecule has 16 heavy (non-hydrogen) atoms. The first-order valence-electron chi connectivity index (χ1n) is 5.84. The van der Waals surface area contributed by atoms with Crippen molar-refractivity contribution in [2.75, 3.05) is 25.6 Å². The Labute approximate surface area is 95.8 Å². The first-order valence-corrected chi connectivity index (χ1v) is 5.84. The highest BCUT2D eigenvalue weighted by atomic mass is 16.5. The van der Waals surface area contributed by atoms with Crippen LogP contribution in [0.15, 0.2) is 18.2 Å². The molecule has 1 spiro atoms. The first-order chi connectivity index (χ1) is 7.81. The third kappa shape index (κ3) is 1.55. The van der Waals surface area contributed by atoms with Crippen molar-refractivity contribution >= 4 is 5.69 Å². The smallest absolute Gasteiger partial charge is 0.119 e. The van der Waals surface area contributed by atoms with Crippen molar-refractivity contribution in [3.05, 3.63) is 23.8 Å². The molecule has 0 bridgehead atoms. The minimum atomic E-state index is 0.243. The number of anilines is 1. The molecule has 0 aliphatic carbocycles. The minimum Gasteiger partial charge on any atom is -0.497 e. The maximum atomic E-state index is 5.44. The number of methoxy groups -OCH3 is 1. The number of nitrogens with one attached hydrogen (secondary N) is 1. The minimum absolute atomic E-state index is 0.243. The van der Waals surface area contributed by atoms with Crippen LogP contribution < -0.4 is 10.1 Å². The van der Waals surface area contributed by atoms with E-state index < -0.39 is 0 Å². The Morgan fingerprint density at radius 2 is 2.12 bits per heavy atom. The van der Waals surface area contributed by atoms with Gasteiger partial charge in [-0.25, -0.2) is 0 Å². The van der Waals surface area contributed by atoms with E-state index in [2.05, 4.69) is 17.4 Å². The molecule has 1 fully saturated rings. The first kappa shape index (κ1) is 9.97. The van der Waals surface area contributed by atoms with Crippen molar-refractivity contribution in [1.82, 2.24) is 0 Å². The Kier molecular flexibility index (Phi) is 2.28. The van der Waals surface area contributed by atoms with Crippen LogP contribution in [0.4, 0.5) is 5.69 Å². The summed E-state index contributed by atoms with van der Waals surface area (Å²) in [7, 11) is 1.72. The van der Waals surface area contributed by atoms with Crippen LogP contribution in [0.1, 0.15) is 18.4 Å². The number of fused-ring (bicyclic) bond motifs is 1. The normalized spacial score (nSPS) is 21.6. The summed E-state index contributed by atoms with van der Waals surface area (Å²) < 4.78 is 10.7. The van der Waals surface area contributed by atoms with Gasteiger partial charge in [0.2, 0.25) is 0 Å². The standard InChI is InChI=1S/C13H17NO2/c1-15-11-2-3-12-10(8-11)9-13(14-12)4-6-16-7-5-13/h2-3,8,14H,4-7,9H2,1H3. The lowest BCUT2D eigenvalue weighted by molar-refractivity contribution is 0.0624. The van der Waals surface area contributed by atoms with E-state index in [1.807, 2.05) is 6.07 Å². The fourth-order valence-corrected chi connectivity index (χ4v) is 2.72. The van der Waals surface area contributed by atoms with Crippen molar-refractivity contribution in [1.29, 1.82) is 0 Å². The predicted molar refractivity (Wildman–Crippen MR) is 63.1 cm³/mol. The Morgan fingerprint density at radius 3 is 2.88 bits per heavy atom. The van der Waals surface area contributed by atoms with Gasteiger partial charge in [0.15, 0.2) is 0 Å². The quantitative estimate of drug-likeness (QED) is 0.785. The Hall–Kier alpha value is -1.22. The SMILES string of the molecule is COc1ccc2c(c1)CC1(CCOCC1)N2. The molecule has 3 heteroatoms. The molecule has 0 atom stereocenters. The van der Waals surface area contributed by atoms with Crippen molar-refractivity contribution in [3.63, 3.8) is 0 Å². The lowest BCUT2D eigenvalue weighted by Crippen LogP contribution is -2.41. The molecule has 1 saturated heterocycles. The van der Waals surface area contributed by atoms with Gasteiger partial charge >= 0.3 is 0 Å². The van der Waals surface area contributed by atoms with Gasteiger partial charge in [-0.2, -0.15) is 0 Å². The van der Waals surface area contributed by atoms with Crippen molar-refractivity contribution in [3.8, 4) is 5.75 Å². The van der Waals surface area contributed by atoms with Crippen LogP contribution in [0.2, 0.25) is 0 Å². The lowest BCUT2D eigenvalue weighted by Gasteiger charge is -2.34. The molecule has 86 valence electrons. The van der Waals surface area contributed by atoms with Crippen molar-refractivity contribution in [2.45, 2.75) is 24.8 Å². The van der Waals surface area contributed by atoms with Gasteiger partial charge in [0.25, 0.3) is 0 Å². The molecule has 0 radical (unpaired) electrons. The van der Waals surface area contributed by atoms with E-state index in [0.29, 0.717) is 0 Å². The summed E-state index contributed by atoms with van der Waals surface area (Å²) in [5, 5.41) is 3.67. The van der Waals surface area contributed by atoms with Crippen LogP contribution in [-0.4, -0.2) is 25.9 Å². The Bertz CT molecular complexity index is 397. The third-order valence-electron chi connectivity index (χ3n) is 3.69. The van der Waals surface area contributed by atoms with E-state index >= 15 is 0 Å². The van der Waals surface area contributed by atoms with Crippen LogP contribution in [-0.2, 0) is 11.2 Å². The zero-order valence-electron chi connectivity index (χ0n) is 9.58. The summed E-state index contributed by atoms with van der Waals surface area (Å²) >= 11 is 0. The van der Waals surface area contributed by atoms with Crippen molar-refractivity contribution in [2.24, 2.45) is 0 Å². The van der Waals surface area contributed by atoms with Gasteiger partial charge in [-0.3, -0.25) is 0 Å². The topological polar surface area (TPSA) is 30.5 Å². The average molecular weight is 219 g/mol. The number of ether oxygens (including phenoxy) is 2. The monoisotopic (exact) mass is 219 g/mol. The van der Waals surface area contributed by atoms with Gasteiger partial charge in [0.1, 0.15) is 5.75 Å². The molecule has 0 unspecified atom stereocenters. The highest BCUT2D eigenvalue weighted by Crippen LogP contribution is 2.39. The number of rotatable bonds is 1. The fraction of sp³-hybridized carbons (Fsp3) is 0.538. The molecule has 0 saturated carbocycles. The highest BCUT2D eigenvalue weighted by molar-refractivity contribution is 5.61. The summed E-state index contributed by atoms with van der Waals surface area (Å²) in [5.41, 5.74) is 2.89. The maximum Gasteiger partial charge on any atom is 0.119 e. The van der Waals surface area contributed by atoms with Crippen LogP contribution in [0, 0.1) is 0 Å². The summed E-state index contributed by atoms with van der Waals surface area (Å²) in [6.45, 7) is 1.75. The third-order valence-corrected chi connectivity index (χ3v) is 3.69. The number of hydrogen-bond donors (Lipinski definition) is 1. The molecule has 0 aromatic heterocycles. The number of benzene rings is 1. The van der Waals surface area contributed by atoms with Gasteiger partial charge < -0.3 is 14.8 Å². The van der Waals surface area contributed by atoms with E-state index in [9.17, 15) is 0 Å². The van der Waals surface area contributed by atoms with E-state index in [4.69, 9.17) is 9.47 Å². The molecule has 3 rings (SSSR count). The Balaban J connectivity index is 1.87. The second-order valence-corrected chi connectivity index (χ2v) is 4.72. The van der Waals surface area contributed by atoms with Gasteiger partial charge in [-0.1, -0.05) is 0 Å². The maximum absolute atomic E-state index is 5.44. The largest absolute Gasteiger partial charge is 0.497 e. The highest BCUT2D eigenvalue weighted by Gasteiger charge is 2.38. The molecule has 1 N–H and O–H groups in total. The van der Waals surface area contributed by atoms with Gasteiger partial charge in [-0.15, -0.1) is 0 Å². The molecule has 2 aliphatic rings. The van der Waals surface area contributed by atoms with Crippen LogP contribution in [0.3, 0.4) is 0 Å². The fourth-order valence-electron chi connectivity index (χ4n) is 2.72. The predicted octanol–water partition coefficient (Wildman–Crippen LogP) is 2.21. The van der Waals surface area contributed by atoms with Crippen LogP contribution >= 0.6 is 0 Å². The van der Waals surface area contributed by atoms with Gasteiger partial charge in [0.05, 0.1) is 7.11 Å². The van der Waals surface area contributed by atoms with E-state index in [1.54, 1.807) is 7.11 Å². The molecule has 3 nitrogen and oxygen atoms in total. The lowest BCUT2D eigenvalue weighted by atomic mass is 9.87. The molecule has 0 amide bonds. The van der Waals surface area contributed by atoms with E-state index in [0.717, 1.165) is 38.2 Å². The van der Waals surface area contributed by atoms with Crippen molar-refractivity contribution < 1.29 is 9.47 Å². The summed E-state index contributed by atoms with van der Waals surface area (Å²) in [4.78, 5) is 0. The average Bonchev–Trinajstić information content (AvgIpc) is 2.66. The Morgan fingerprint density at radius 1 is 1.31 bits per heavy atom. The zero-order valence-corrected chi connectivity index (χ0v) is 9.58. The zero-order chi connectivity index (χ0) is 11.0. The molecule has 1 aromatic carbocycles. The van der Waals surface area contributed by atoms with Crippen LogP contribution in [0.25, 0.3) is 0 Å². The summed E-state index contributed by atoms with van der Waals surface area (Å²) in [5.74, 6) is 0.949. The molecular formula is C13H17NO2. The molecular weight excluding hydrogens is 202 g/mol. The summed E-state index contributed by atoms with van der Waals surface area (Å²) in [6.07, 6.45) is 3.30. The molecule has 2 heterocycles. The van der Waals surface area contributed by atoms with Gasteiger partial charge in [-0.05, 0) is 43.0 Å². The van der Waals surface area contributed by atoms with Crippen LogP contribution in [0.5, 0.6) is 5.75 Å². The molecule has 2 aliphatic heterocycles. The molecule has 1 aromatic rings. The second kappa shape index (κ2) is 3.67. The summed E-state index contributed by atoms with van der Waals surface area (Å²) in [6, 6.07) is 6.29. The second-order valence-electron chi connectivity index (χ2n) is 4.72. The van der Waals surface area contributed by atoms with E-state index in [1.165, 1.54) is 11.3 Å². The van der Waals surface area contributed by atoms with Gasteiger partial charge in [0, 0.05) is 24.4 Å². The number of hydrogen-bond acceptors (Lipinski definition) is 3. The van der Waals surface area contributed by atoms with E-state index in [-0.39, 0.29) is 5.54 Å².